The lowest BCUT2D eigenvalue weighted by Crippen LogP contribution is -2.59. The van der Waals surface area contributed by atoms with Gasteiger partial charge in [-0.1, -0.05) is 6.92 Å². The summed E-state index contributed by atoms with van der Waals surface area (Å²) in [4.78, 5) is 24.2. The average molecular weight is 246 g/mol. The minimum atomic E-state index is -1.29. The third kappa shape index (κ3) is 3.59. The fourth-order valence-electron chi connectivity index (χ4n) is 0.994. The summed E-state index contributed by atoms with van der Waals surface area (Å²) in [7, 11) is 1.52. The third-order valence-corrected chi connectivity index (χ3v) is 3.16. The number of carboxylic acids is 1. The Labute approximate surface area is 102 Å². The Kier molecular flexibility index (Phi) is 4.94. The van der Waals surface area contributed by atoms with E-state index in [0.717, 1.165) is 0 Å². The van der Waals surface area contributed by atoms with E-state index in [4.69, 9.17) is 10.2 Å². The second-order valence-electron chi connectivity index (χ2n) is 4.95. The van der Waals surface area contributed by atoms with Crippen molar-refractivity contribution in [1.82, 2.24) is 10.2 Å². The Hall–Kier alpha value is -1.30. The summed E-state index contributed by atoms with van der Waals surface area (Å²) in [5.74, 6) is -1.08. The van der Waals surface area contributed by atoms with Crippen LogP contribution in [0.1, 0.15) is 34.1 Å². The predicted octanol–water partition coefficient (Wildman–Crippen LogP) is 0.652. The van der Waals surface area contributed by atoms with Crippen LogP contribution < -0.4 is 5.32 Å². The number of rotatable bonds is 5. The molecule has 0 radical (unpaired) electrons. The molecule has 0 rings (SSSR count). The summed E-state index contributed by atoms with van der Waals surface area (Å²) in [5, 5.41) is 20.6. The van der Waals surface area contributed by atoms with Crippen LogP contribution in [0.3, 0.4) is 0 Å². The molecule has 0 aromatic carbocycles. The lowest BCUT2D eigenvalue weighted by atomic mass is 9.99. The fraction of sp³-hybridized carbons (Fsp3) is 0.818. The summed E-state index contributed by atoms with van der Waals surface area (Å²) >= 11 is 0. The molecule has 3 N–H and O–H groups in total. The van der Waals surface area contributed by atoms with E-state index in [1.807, 2.05) is 0 Å². The van der Waals surface area contributed by atoms with Crippen molar-refractivity contribution < 1.29 is 19.8 Å². The summed E-state index contributed by atoms with van der Waals surface area (Å²) in [6.45, 7) is 6.32. The molecule has 100 valence electrons. The van der Waals surface area contributed by atoms with Gasteiger partial charge in [-0.05, 0) is 27.2 Å². The van der Waals surface area contributed by atoms with Gasteiger partial charge < -0.3 is 20.4 Å². The van der Waals surface area contributed by atoms with Crippen molar-refractivity contribution in [2.24, 2.45) is 0 Å². The van der Waals surface area contributed by atoms with Crippen LogP contribution in [-0.2, 0) is 4.79 Å². The highest BCUT2D eigenvalue weighted by molar-refractivity contribution is 5.86. The van der Waals surface area contributed by atoms with Crippen molar-refractivity contribution in [2.75, 3.05) is 13.7 Å². The van der Waals surface area contributed by atoms with Gasteiger partial charge >= 0.3 is 12.0 Å². The number of carboxylic acid groups (broad SMARTS) is 1. The molecule has 2 amide bonds. The maximum Gasteiger partial charge on any atom is 0.329 e. The largest absolute Gasteiger partial charge is 0.480 e. The molecule has 0 saturated carbocycles. The SMILES string of the molecule is CCC(C)(NC(=O)N(C)C(C)(C)CO)C(=O)O. The number of aliphatic carboxylic acids is 1. The van der Waals surface area contributed by atoms with Crippen LogP contribution in [0, 0.1) is 0 Å². The van der Waals surface area contributed by atoms with Crippen molar-refractivity contribution in [3.05, 3.63) is 0 Å². The zero-order chi connectivity index (χ0) is 13.9. The standard InChI is InChI=1S/C11H22N2O4/c1-6-11(4,8(15)16)12-9(17)13(5)10(2,3)7-14/h14H,6-7H2,1-5H3,(H,12,17)(H,15,16). The highest BCUT2D eigenvalue weighted by Gasteiger charge is 2.36. The van der Waals surface area contributed by atoms with E-state index < -0.39 is 23.1 Å². The quantitative estimate of drug-likeness (QED) is 0.664. The van der Waals surface area contributed by atoms with E-state index in [1.165, 1.54) is 18.9 Å². The number of nitrogens with zero attached hydrogens (tertiary/aromatic N) is 1. The Bertz CT molecular complexity index is 304. The molecule has 0 aliphatic rings. The molecule has 0 aromatic heterocycles. The number of aliphatic hydroxyl groups excluding tert-OH is 1. The molecule has 0 aromatic rings. The molecule has 0 aliphatic heterocycles. The monoisotopic (exact) mass is 246 g/mol. The highest BCUT2D eigenvalue weighted by atomic mass is 16.4. The average Bonchev–Trinajstić information content (AvgIpc) is 2.27. The molecular weight excluding hydrogens is 224 g/mol. The van der Waals surface area contributed by atoms with Gasteiger partial charge in [0.15, 0.2) is 0 Å². The maximum absolute atomic E-state index is 11.9. The van der Waals surface area contributed by atoms with Crippen molar-refractivity contribution in [2.45, 2.75) is 45.2 Å². The molecule has 6 nitrogen and oxygen atoms in total. The van der Waals surface area contributed by atoms with Crippen LogP contribution in [-0.4, -0.2) is 51.8 Å². The minimum Gasteiger partial charge on any atom is -0.480 e. The number of aliphatic hydroxyl groups is 1. The first-order chi connectivity index (χ1) is 7.60. The number of hydrogen-bond donors (Lipinski definition) is 3. The maximum atomic E-state index is 11.9. The third-order valence-electron chi connectivity index (χ3n) is 3.16. The second kappa shape index (κ2) is 5.35. The highest BCUT2D eigenvalue weighted by Crippen LogP contribution is 2.14. The number of hydrogen-bond acceptors (Lipinski definition) is 3. The summed E-state index contributed by atoms with van der Waals surface area (Å²) < 4.78 is 0. The van der Waals surface area contributed by atoms with Crippen LogP contribution in [0.25, 0.3) is 0 Å². The van der Waals surface area contributed by atoms with Crippen LogP contribution in [0.15, 0.2) is 0 Å². The first-order valence-corrected chi connectivity index (χ1v) is 5.51. The van der Waals surface area contributed by atoms with Gasteiger partial charge in [0.1, 0.15) is 5.54 Å². The Morgan fingerprint density at radius 1 is 1.29 bits per heavy atom. The van der Waals surface area contributed by atoms with Crippen LogP contribution in [0.4, 0.5) is 4.79 Å². The van der Waals surface area contributed by atoms with Gasteiger partial charge in [0.05, 0.1) is 12.1 Å². The predicted molar refractivity (Wildman–Crippen MR) is 63.8 cm³/mol. The zero-order valence-corrected chi connectivity index (χ0v) is 11.1. The van der Waals surface area contributed by atoms with Crippen molar-refractivity contribution in [3.63, 3.8) is 0 Å². The number of carbonyl (C=O) groups is 2. The summed E-state index contributed by atoms with van der Waals surface area (Å²) in [5.41, 5.74) is -2.03. The smallest absolute Gasteiger partial charge is 0.329 e. The van der Waals surface area contributed by atoms with Gasteiger partial charge in [0, 0.05) is 7.05 Å². The molecule has 1 unspecified atom stereocenters. The molecule has 0 aliphatic carbocycles. The van der Waals surface area contributed by atoms with Crippen molar-refractivity contribution in [1.29, 1.82) is 0 Å². The van der Waals surface area contributed by atoms with Crippen LogP contribution in [0.2, 0.25) is 0 Å². The molecule has 0 fully saturated rings. The topological polar surface area (TPSA) is 89.9 Å². The number of nitrogens with one attached hydrogen (secondary N) is 1. The zero-order valence-electron chi connectivity index (χ0n) is 11.1. The Morgan fingerprint density at radius 2 is 1.76 bits per heavy atom. The Morgan fingerprint density at radius 3 is 2.06 bits per heavy atom. The molecule has 0 saturated heterocycles. The van der Waals surface area contributed by atoms with Gasteiger partial charge in [-0.2, -0.15) is 0 Å². The number of amides is 2. The first kappa shape index (κ1) is 15.7. The molecule has 0 bridgehead atoms. The van der Waals surface area contributed by atoms with E-state index in [0.29, 0.717) is 0 Å². The van der Waals surface area contributed by atoms with Crippen LogP contribution >= 0.6 is 0 Å². The van der Waals surface area contributed by atoms with Gasteiger partial charge in [0.25, 0.3) is 0 Å². The molecule has 1 atom stereocenters. The second-order valence-corrected chi connectivity index (χ2v) is 4.95. The van der Waals surface area contributed by atoms with Crippen molar-refractivity contribution in [3.8, 4) is 0 Å². The number of urea groups is 1. The number of likely N-dealkylation sites (N-methyl/N-ethyl adjacent to an activating group) is 1. The molecule has 17 heavy (non-hydrogen) atoms. The molecule has 0 heterocycles. The molecule has 0 spiro atoms. The van der Waals surface area contributed by atoms with Gasteiger partial charge in [-0.25, -0.2) is 9.59 Å². The normalized spacial score (nSPS) is 14.9. The van der Waals surface area contributed by atoms with E-state index in [-0.39, 0.29) is 13.0 Å². The van der Waals surface area contributed by atoms with Crippen LogP contribution in [0.5, 0.6) is 0 Å². The van der Waals surface area contributed by atoms with E-state index in [2.05, 4.69) is 5.32 Å². The van der Waals surface area contributed by atoms with Gasteiger partial charge in [-0.15, -0.1) is 0 Å². The van der Waals surface area contributed by atoms with Gasteiger partial charge in [-0.3, -0.25) is 0 Å². The molecular formula is C11H22N2O4. The minimum absolute atomic E-state index is 0.202. The fourth-order valence-corrected chi connectivity index (χ4v) is 0.994. The summed E-state index contributed by atoms with van der Waals surface area (Å²) in [6.07, 6.45) is 0.279. The first-order valence-electron chi connectivity index (χ1n) is 5.51. The summed E-state index contributed by atoms with van der Waals surface area (Å²) in [6, 6.07) is -0.518. The number of carbonyl (C=O) groups excluding carboxylic acids is 1. The van der Waals surface area contributed by atoms with E-state index in [1.54, 1.807) is 20.8 Å². The van der Waals surface area contributed by atoms with Gasteiger partial charge in [0.2, 0.25) is 0 Å². The lowest BCUT2D eigenvalue weighted by molar-refractivity contribution is -0.143. The Balaban J connectivity index is 4.81. The lowest BCUT2D eigenvalue weighted by Gasteiger charge is -2.36. The van der Waals surface area contributed by atoms with E-state index in [9.17, 15) is 9.59 Å². The molecule has 6 heteroatoms. The van der Waals surface area contributed by atoms with E-state index >= 15 is 0 Å². The van der Waals surface area contributed by atoms with Crippen molar-refractivity contribution >= 4 is 12.0 Å².